The maximum atomic E-state index is 12.6. The lowest BCUT2D eigenvalue weighted by Crippen LogP contribution is -2.51. The van der Waals surface area contributed by atoms with Gasteiger partial charge in [0.25, 0.3) is 0 Å². The molecule has 1 aliphatic rings. The SMILES string of the molecule is N[C@@H](Cc1ccccc1)C(=O)N(CCO)C1CCCCC1. The first-order valence-electron chi connectivity index (χ1n) is 7.93. The van der Waals surface area contributed by atoms with Crippen molar-refractivity contribution in [3.8, 4) is 0 Å². The lowest BCUT2D eigenvalue weighted by molar-refractivity contribution is -0.136. The minimum atomic E-state index is -0.527. The van der Waals surface area contributed by atoms with Crippen LogP contribution < -0.4 is 5.73 Å². The van der Waals surface area contributed by atoms with Gasteiger partial charge in [-0.05, 0) is 24.8 Å². The highest BCUT2D eigenvalue weighted by Gasteiger charge is 2.28. The highest BCUT2D eigenvalue weighted by Crippen LogP contribution is 2.23. The molecule has 0 saturated heterocycles. The summed E-state index contributed by atoms with van der Waals surface area (Å²) in [5.74, 6) is -0.0280. The Labute approximate surface area is 126 Å². The zero-order chi connectivity index (χ0) is 15.1. The van der Waals surface area contributed by atoms with Gasteiger partial charge >= 0.3 is 0 Å². The van der Waals surface area contributed by atoms with E-state index in [9.17, 15) is 9.90 Å². The van der Waals surface area contributed by atoms with E-state index in [1.165, 1.54) is 6.42 Å². The number of carbonyl (C=O) groups excluding carboxylic acids is 1. The third-order valence-corrected chi connectivity index (χ3v) is 4.26. The molecule has 0 radical (unpaired) electrons. The van der Waals surface area contributed by atoms with E-state index in [2.05, 4.69) is 0 Å². The Morgan fingerprint density at radius 3 is 2.52 bits per heavy atom. The molecule has 1 atom stereocenters. The third-order valence-electron chi connectivity index (χ3n) is 4.26. The number of nitrogens with two attached hydrogens (primary N) is 1. The van der Waals surface area contributed by atoms with Crippen LogP contribution >= 0.6 is 0 Å². The summed E-state index contributed by atoms with van der Waals surface area (Å²) in [4.78, 5) is 14.4. The minimum absolute atomic E-state index is 0.000295. The summed E-state index contributed by atoms with van der Waals surface area (Å²) >= 11 is 0. The molecule has 0 heterocycles. The van der Waals surface area contributed by atoms with E-state index in [0.717, 1.165) is 31.2 Å². The van der Waals surface area contributed by atoms with Gasteiger partial charge < -0.3 is 15.7 Å². The van der Waals surface area contributed by atoms with Crippen molar-refractivity contribution in [1.82, 2.24) is 4.90 Å². The number of nitrogens with zero attached hydrogens (tertiary/aromatic N) is 1. The summed E-state index contributed by atoms with van der Waals surface area (Å²) in [5, 5.41) is 9.25. The van der Waals surface area contributed by atoms with Crippen molar-refractivity contribution in [3.63, 3.8) is 0 Å². The zero-order valence-corrected chi connectivity index (χ0v) is 12.6. The molecule has 2 rings (SSSR count). The summed E-state index contributed by atoms with van der Waals surface area (Å²) in [6.07, 6.45) is 6.18. The molecule has 4 heteroatoms. The highest BCUT2D eigenvalue weighted by atomic mass is 16.3. The van der Waals surface area contributed by atoms with Gasteiger partial charge in [-0.2, -0.15) is 0 Å². The minimum Gasteiger partial charge on any atom is -0.395 e. The molecule has 0 unspecified atom stereocenters. The fraction of sp³-hybridized carbons (Fsp3) is 0.588. The quantitative estimate of drug-likeness (QED) is 0.838. The van der Waals surface area contributed by atoms with Gasteiger partial charge in [-0.3, -0.25) is 4.79 Å². The predicted molar refractivity (Wildman–Crippen MR) is 83.8 cm³/mol. The first kappa shape index (κ1) is 16.0. The molecular formula is C17H26N2O2. The average molecular weight is 290 g/mol. The number of hydrogen-bond acceptors (Lipinski definition) is 3. The van der Waals surface area contributed by atoms with Crippen LogP contribution in [0.15, 0.2) is 30.3 Å². The van der Waals surface area contributed by atoms with E-state index >= 15 is 0 Å². The second-order valence-electron chi connectivity index (χ2n) is 5.84. The van der Waals surface area contributed by atoms with Crippen molar-refractivity contribution in [3.05, 3.63) is 35.9 Å². The van der Waals surface area contributed by atoms with Crippen LogP contribution in [0.1, 0.15) is 37.7 Å². The maximum absolute atomic E-state index is 12.6. The Balaban J connectivity index is 1.99. The van der Waals surface area contributed by atoms with Gasteiger partial charge in [-0.1, -0.05) is 49.6 Å². The molecule has 0 bridgehead atoms. The molecule has 0 spiro atoms. The van der Waals surface area contributed by atoms with Crippen molar-refractivity contribution in [1.29, 1.82) is 0 Å². The summed E-state index contributed by atoms with van der Waals surface area (Å²) in [7, 11) is 0. The van der Waals surface area contributed by atoms with Crippen LogP contribution in [-0.4, -0.2) is 41.1 Å². The van der Waals surface area contributed by atoms with Gasteiger partial charge in [-0.15, -0.1) is 0 Å². The van der Waals surface area contributed by atoms with Gasteiger partial charge in [0.05, 0.1) is 12.6 Å². The molecule has 21 heavy (non-hydrogen) atoms. The zero-order valence-electron chi connectivity index (χ0n) is 12.6. The summed E-state index contributed by atoms with van der Waals surface area (Å²) in [6, 6.07) is 9.57. The molecule has 1 aliphatic carbocycles. The maximum Gasteiger partial charge on any atom is 0.240 e. The molecule has 1 aromatic carbocycles. The fourth-order valence-electron chi connectivity index (χ4n) is 3.14. The van der Waals surface area contributed by atoms with Gasteiger partial charge in [0.15, 0.2) is 0 Å². The fourth-order valence-corrected chi connectivity index (χ4v) is 3.14. The van der Waals surface area contributed by atoms with E-state index in [1.807, 2.05) is 35.2 Å². The Bertz CT molecular complexity index is 430. The molecule has 0 aliphatic heterocycles. The Kier molecular flexibility index (Phi) is 6.21. The molecule has 116 valence electrons. The normalized spacial score (nSPS) is 17.4. The van der Waals surface area contributed by atoms with Crippen molar-refractivity contribution in [2.75, 3.05) is 13.2 Å². The predicted octanol–water partition coefficient (Wildman–Crippen LogP) is 1.71. The lowest BCUT2D eigenvalue weighted by atomic mass is 9.93. The van der Waals surface area contributed by atoms with Crippen LogP contribution in [0.5, 0.6) is 0 Å². The smallest absolute Gasteiger partial charge is 0.240 e. The number of benzene rings is 1. The second-order valence-corrected chi connectivity index (χ2v) is 5.84. The van der Waals surface area contributed by atoms with E-state index in [1.54, 1.807) is 0 Å². The van der Waals surface area contributed by atoms with Crippen molar-refractivity contribution in [2.24, 2.45) is 5.73 Å². The molecular weight excluding hydrogens is 264 g/mol. The largest absolute Gasteiger partial charge is 0.395 e. The number of aliphatic hydroxyl groups is 1. The Morgan fingerprint density at radius 2 is 1.90 bits per heavy atom. The van der Waals surface area contributed by atoms with Crippen LogP contribution in [0.4, 0.5) is 0 Å². The number of rotatable bonds is 6. The number of carbonyl (C=O) groups is 1. The van der Waals surface area contributed by atoms with Crippen molar-refractivity contribution >= 4 is 5.91 Å². The highest BCUT2D eigenvalue weighted by molar-refractivity contribution is 5.82. The number of amides is 1. The number of hydrogen-bond donors (Lipinski definition) is 2. The van der Waals surface area contributed by atoms with Crippen LogP contribution in [0.2, 0.25) is 0 Å². The average Bonchev–Trinajstić information content (AvgIpc) is 2.53. The van der Waals surface area contributed by atoms with E-state index in [-0.39, 0.29) is 18.6 Å². The van der Waals surface area contributed by atoms with Gasteiger partial charge in [0, 0.05) is 12.6 Å². The summed E-state index contributed by atoms with van der Waals surface area (Å²) in [5.41, 5.74) is 7.19. The molecule has 1 amide bonds. The molecule has 0 aromatic heterocycles. The number of aliphatic hydroxyl groups excluding tert-OH is 1. The van der Waals surface area contributed by atoms with E-state index in [4.69, 9.17) is 5.73 Å². The molecule has 4 nitrogen and oxygen atoms in total. The van der Waals surface area contributed by atoms with Gasteiger partial charge in [0.2, 0.25) is 5.91 Å². The standard InChI is InChI=1S/C17H26N2O2/c18-16(13-14-7-3-1-4-8-14)17(21)19(11-12-20)15-9-5-2-6-10-15/h1,3-4,7-8,15-16,20H,2,5-6,9-13,18H2/t16-/m0/s1. The van der Waals surface area contributed by atoms with Gasteiger partial charge in [-0.25, -0.2) is 0 Å². The van der Waals surface area contributed by atoms with Crippen LogP contribution in [0, 0.1) is 0 Å². The molecule has 1 aromatic rings. The monoisotopic (exact) mass is 290 g/mol. The molecule has 1 saturated carbocycles. The molecule has 3 N–H and O–H groups in total. The van der Waals surface area contributed by atoms with Crippen molar-refractivity contribution < 1.29 is 9.90 Å². The Hall–Kier alpha value is -1.39. The first-order valence-corrected chi connectivity index (χ1v) is 7.93. The third kappa shape index (κ3) is 4.55. The van der Waals surface area contributed by atoms with Crippen LogP contribution in [0.3, 0.4) is 0 Å². The van der Waals surface area contributed by atoms with Gasteiger partial charge in [0.1, 0.15) is 0 Å². The van der Waals surface area contributed by atoms with Crippen LogP contribution in [-0.2, 0) is 11.2 Å². The summed E-state index contributed by atoms with van der Waals surface area (Å²) < 4.78 is 0. The van der Waals surface area contributed by atoms with E-state index < -0.39 is 6.04 Å². The first-order chi connectivity index (χ1) is 10.2. The molecule has 1 fully saturated rings. The van der Waals surface area contributed by atoms with Crippen molar-refractivity contribution in [2.45, 2.75) is 50.6 Å². The summed E-state index contributed by atoms with van der Waals surface area (Å²) in [6.45, 7) is 0.395. The lowest BCUT2D eigenvalue weighted by Gasteiger charge is -2.35. The van der Waals surface area contributed by atoms with Crippen LogP contribution in [0.25, 0.3) is 0 Å². The Morgan fingerprint density at radius 1 is 1.24 bits per heavy atom. The van der Waals surface area contributed by atoms with E-state index in [0.29, 0.717) is 13.0 Å². The second kappa shape index (κ2) is 8.15. The topological polar surface area (TPSA) is 66.6 Å².